The third-order valence-electron chi connectivity index (χ3n) is 5.13. The summed E-state index contributed by atoms with van der Waals surface area (Å²) in [6.07, 6.45) is 2.31. The highest BCUT2D eigenvalue weighted by atomic mass is 35.5. The number of halogens is 1. The molecule has 1 aliphatic rings. The number of para-hydroxylation sites is 1. The van der Waals surface area contributed by atoms with Gasteiger partial charge in [-0.05, 0) is 62.9 Å². The van der Waals surface area contributed by atoms with Crippen LogP contribution in [0, 0.1) is 0 Å². The molecule has 0 saturated heterocycles. The highest BCUT2D eigenvalue weighted by molar-refractivity contribution is 7.92. The predicted octanol–water partition coefficient (Wildman–Crippen LogP) is 3.59. The molecule has 0 aromatic heterocycles. The molecule has 8 heteroatoms. The van der Waals surface area contributed by atoms with E-state index in [1.807, 2.05) is 6.07 Å². The second-order valence-electron chi connectivity index (χ2n) is 7.13. The Balaban J connectivity index is 1.86. The minimum Gasteiger partial charge on any atom is -0.393 e. The van der Waals surface area contributed by atoms with E-state index >= 15 is 0 Å². The highest BCUT2D eigenvalue weighted by Crippen LogP contribution is 2.27. The molecule has 2 N–H and O–H groups in total. The summed E-state index contributed by atoms with van der Waals surface area (Å²) in [5.74, 6) is -0.406. The van der Waals surface area contributed by atoms with Crippen molar-refractivity contribution in [2.45, 2.75) is 49.6 Å². The van der Waals surface area contributed by atoms with Gasteiger partial charge in [0.25, 0.3) is 15.9 Å². The van der Waals surface area contributed by atoms with Crippen molar-refractivity contribution in [2.24, 2.45) is 0 Å². The Labute approximate surface area is 176 Å². The number of hydrogen-bond acceptors (Lipinski definition) is 4. The number of hydrogen-bond donors (Lipinski definition) is 2. The lowest BCUT2D eigenvalue weighted by Gasteiger charge is -2.26. The Morgan fingerprint density at radius 2 is 1.79 bits per heavy atom. The molecule has 0 atom stereocenters. The summed E-state index contributed by atoms with van der Waals surface area (Å²) in [6.45, 7) is 2.01. The highest BCUT2D eigenvalue weighted by Gasteiger charge is 2.27. The van der Waals surface area contributed by atoms with Crippen molar-refractivity contribution in [1.82, 2.24) is 5.32 Å². The molecule has 1 amide bonds. The topological polar surface area (TPSA) is 86.7 Å². The first-order chi connectivity index (χ1) is 13.8. The Bertz CT molecular complexity index is 958. The maximum absolute atomic E-state index is 13.2. The van der Waals surface area contributed by atoms with Crippen molar-refractivity contribution in [3.8, 4) is 0 Å². The van der Waals surface area contributed by atoms with Gasteiger partial charge in [0.05, 0.1) is 27.3 Å². The van der Waals surface area contributed by atoms with Crippen LogP contribution in [0.5, 0.6) is 0 Å². The molecule has 0 aliphatic heterocycles. The van der Waals surface area contributed by atoms with Crippen molar-refractivity contribution < 1.29 is 18.3 Å². The van der Waals surface area contributed by atoms with E-state index in [0.717, 1.165) is 0 Å². The maximum atomic E-state index is 13.2. The van der Waals surface area contributed by atoms with Crippen molar-refractivity contribution in [2.75, 3.05) is 10.8 Å². The van der Waals surface area contributed by atoms with Gasteiger partial charge in [-0.2, -0.15) is 0 Å². The van der Waals surface area contributed by atoms with E-state index in [1.165, 1.54) is 22.5 Å². The molecule has 0 heterocycles. The number of carbonyl (C=O) groups is 1. The number of aliphatic hydroxyl groups is 1. The van der Waals surface area contributed by atoms with Crippen LogP contribution in [0.1, 0.15) is 43.0 Å². The van der Waals surface area contributed by atoms with E-state index in [1.54, 1.807) is 31.2 Å². The molecule has 0 spiro atoms. The molecule has 6 nitrogen and oxygen atoms in total. The van der Waals surface area contributed by atoms with Crippen molar-refractivity contribution in [1.29, 1.82) is 0 Å². The zero-order valence-electron chi connectivity index (χ0n) is 16.2. The van der Waals surface area contributed by atoms with Crippen LogP contribution in [0.2, 0.25) is 5.02 Å². The molecule has 29 heavy (non-hydrogen) atoms. The number of rotatable bonds is 6. The zero-order chi connectivity index (χ0) is 21.0. The van der Waals surface area contributed by atoms with Gasteiger partial charge in [0, 0.05) is 12.6 Å². The Hall–Kier alpha value is -2.09. The first-order valence-electron chi connectivity index (χ1n) is 9.69. The summed E-state index contributed by atoms with van der Waals surface area (Å²) in [4.78, 5) is 12.7. The fraction of sp³-hybridized carbons (Fsp3) is 0.381. The molecule has 156 valence electrons. The first-order valence-corrected chi connectivity index (χ1v) is 11.5. The second-order valence-corrected chi connectivity index (χ2v) is 9.40. The van der Waals surface area contributed by atoms with E-state index in [9.17, 15) is 18.3 Å². The average Bonchev–Trinajstić information content (AvgIpc) is 2.71. The van der Waals surface area contributed by atoms with Gasteiger partial charge in [0.2, 0.25) is 0 Å². The van der Waals surface area contributed by atoms with Crippen molar-refractivity contribution in [3.63, 3.8) is 0 Å². The van der Waals surface area contributed by atoms with Crippen LogP contribution in [0.15, 0.2) is 53.4 Å². The van der Waals surface area contributed by atoms with Crippen molar-refractivity contribution >= 4 is 33.2 Å². The molecule has 0 radical (unpaired) electrons. The van der Waals surface area contributed by atoms with Crippen LogP contribution in [0.3, 0.4) is 0 Å². The SMILES string of the molecule is CCN(c1ccccc1)S(=O)(=O)c1ccc(Cl)c(C(=O)NC2CCC(O)CC2)c1. The standard InChI is InChI=1S/C21H25ClN2O4S/c1-2-24(16-6-4-3-5-7-16)29(27,28)18-12-13-20(22)19(14-18)21(26)23-15-8-10-17(25)11-9-15/h3-7,12-15,17,25H,2,8-11H2,1H3,(H,23,26). The van der Waals surface area contributed by atoms with E-state index in [-0.39, 0.29) is 34.2 Å². The molecule has 1 fully saturated rings. The van der Waals surface area contributed by atoms with Crippen LogP contribution >= 0.6 is 11.6 Å². The van der Waals surface area contributed by atoms with Gasteiger partial charge in [-0.15, -0.1) is 0 Å². The van der Waals surface area contributed by atoms with Crippen LogP contribution in [0.4, 0.5) is 5.69 Å². The van der Waals surface area contributed by atoms with Gasteiger partial charge in [0.1, 0.15) is 0 Å². The van der Waals surface area contributed by atoms with Crippen molar-refractivity contribution in [3.05, 3.63) is 59.1 Å². The minimum atomic E-state index is -3.86. The number of nitrogens with one attached hydrogen (secondary N) is 1. The van der Waals surface area contributed by atoms with E-state index in [4.69, 9.17) is 11.6 Å². The molecule has 0 unspecified atom stereocenters. The summed E-state index contributed by atoms with van der Waals surface area (Å²) in [6, 6.07) is 12.9. The number of carbonyl (C=O) groups excluding carboxylic acids is 1. The fourth-order valence-corrected chi connectivity index (χ4v) is 5.24. The molecule has 1 aliphatic carbocycles. The monoisotopic (exact) mass is 436 g/mol. The molecule has 2 aromatic carbocycles. The van der Waals surface area contributed by atoms with Crippen LogP contribution in [-0.2, 0) is 10.0 Å². The molecule has 3 rings (SSSR count). The number of nitrogens with zero attached hydrogens (tertiary/aromatic N) is 1. The summed E-state index contributed by atoms with van der Waals surface area (Å²) >= 11 is 6.20. The second kappa shape index (κ2) is 9.15. The van der Waals surface area contributed by atoms with E-state index in [2.05, 4.69) is 5.32 Å². The normalized spacial score (nSPS) is 19.6. The number of benzene rings is 2. The maximum Gasteiger partial charge on any atom is 0.264 e. The molecular weight excluding hydrogens is 412 g/mol. The number of amides is 1. The summed E-state index contributed by atoms with van der Waals surface area (Å²) in [7, 11) is -3.86. The lowest BCUT2D eigenvalue weighted by atomic mass is 9.93. The van der Waals surface area contributed by atoms with Crippen LogP contribution < -0.4 is 9.62 Å². The van der Waals surface area contributed by atoms with Gasteiger partial charge in [-0.3, -0.25) is 9.10 Å². The third-order valence-corrected chi connectivity index (χ3v) is 7.36. The Morgan fingerprint density at radius 1 is 1.14 bits per heavy atom. The molecule has 2 aromatic rings. The lowest BCUT2D eigenvalue weighted by molar-refractivity contribution is 0.0867. The molecule has 1 saturated carbocycles. The molecular formula is C21H25ClN2O4S. The fourth-order valence-electron chi connectivity index (χ4n) is 3.53. The molecule has 0 bridgehead atoms. The Morgan fingerprint density at radius 3 is 2.41 bits per heavy atom. The largest absolute Gasteiger partial charge is 0.393 e. The summed E-state index contributed by atoms with van der Waals surface area (Å²) < 4.78 is 27.7. The summed E-state index contributed by atoms with van der Waals surface area (Å²) in [5.41, 5.74) is 0.680. The van der Waals surface area contributed by atoms with Gasteiger partial charge >= 0.3 is 0 Å². The zero-order valence-corrected chi connectivity index (χ0v) is 17.8. The Kier molecular flexibility index (Phi) is 6.82. The summed E-state index contributed by atoms with van der Waals surface area (Å²) in [5, 5.41) is 12.7. The first kappa shape index (κ1) is 21.6. The smallest absolute Gasteiger partial charge is 0.264 e. The number of aliphatic hydroxyl groups excluding tert-OH is 1. The van der Waals surface area contributed by atoms with Gasteiger partial charge in [-0.25, -0.2) is 8.42 Å². The average molecular weight is 437 g/mol. The minimum absolute atomic E-state index is 0.0109. The number of sulfonamides is 1. The van der Waals surface area contributed by atoms with E-state index < -0.39 is 15.9 Å². The van der Waals surface area contributed by atoms with E-state index in [0.29, 0.717) is 31.4 Å². The van der Waals surface area contributed by atoms with Gasteiger partial charge in [0.15, 0.2) is 0 Å². The van der Waals surface area contributed by atoms with Crippen LogP contribution in [0.25, 0.3) is 0 Å². The van der Waals surface area contributed by atoms with Gasteiger partial charge < -0.3 is 10.4 Å². The lowest BCUT2D eigenvalue weighted by Crippen LogP contribution is -2.38. The third kappa shape index (κ3) is 4.91. The quantitative estimate of drug-likeness (QED) is 0.724. The predicted molar refractivity (Wildman–Crippen MR) is 114 cm³/mol. The number of anilines is 1. The van der Waals surface area contributed by atoms with Gasteiger partial charge in [-0.1, -0.05) is 29.8 Å². The van der Waals surface area contributed by atoms with Crippen LogP contribution in [-0.4, -0.2) is 38.1 Å².